The predicted molar refractivity (Wildman–Crippen MR) is 72.8 cm³/mol. The summed E-state index contributed by atoms with van der Waals surface area (Å²) >= 11 is 1.66. The van der Waals surface area contributed by atoms with E-state index in [1.165, 1.54) is 5.57 Å². The van der Waals surface area contributed by atoms with Crippen LogP contribution in [0.5, 0.6) is 0 Å². The van der Waals surface area contributed by atoms with E-state index in [4.69, 9.17) is 5.73 Å². The summed E-state index contributed by atoms with van der Waals surface area (Å²) < 4.78 is 32.1. The van der Waals surface area contributed by atoms with E-state index in [9.17, 15) is 13.0 Å². The van der Waals surface area contributed by atoms with Gasteiger partial charge >= 0.3 is 0 Å². The SMILES string of the molecule is CC1=C(C)CC(S(=O)(=O)O)C(CSCCN)C1. The molecule has 0 aliphatic heterocycles. The topological polar surface area (TPSA) is 80.4 Å². The predicted octanol–water partition coefficient (Wildman–Crippen LogP) is 1.68. The Morgan fingerprint density at radius 2 is 1.94 bits per heavy atom. The lowest BCUT2D eigenvalue weighted by atomic mass is 9.86. The summed E-state index contributed by atoms with van der Waals surface area (Å²) in [5, 5.41) is -0.642. The van der Waals surface area contributed by atoms with Gasteiger partial charge in [-0.1, -0.05) is 11.1 Å². The van der Waals surface area contributed by atoms with Gasteiger partial charge in [0, 0.05) is 12.3 Å². The van der Waals surface area contributed by atoms with Crippen LogP contribution in [0.3, 0.4) is 0 Å². The highest BCUT2D eigenvalue weighted by atomic mass is 32.2. The molecular weight excluding hydrogens is 258 g/mol. The van der Waals surface area contributed by atoms with E-state index >= 15 is 0 Å². The van der Waals surface area contributed by atoms with E-state index in [1.54, 1.807) is 11.8 Å². The number of rotatable bonds is 5. The molecule has 1 rings (SSSR count). The lowest BCUT2D eigenvalue weighted by Gasteiger charge is -2.30. The maximum absolute atomic E-state index is 11.4. The summed E-state index contributed by atoms with van der Waals surface area (Å²) in [7, 11) is -3.95. The van der Waals surface area contributed by atoms with E-state index in [2.05, 4.69) is 0 Å². The minimum absolute atomic E-state index is 0.00486. The fourth-order valence-electron chi connectivity index (χ4n) is 2.17. The van der Waals surface area contributed by atoms with Gasteiger partial charge in [0.1, 0.15) is 0 Å². The van der Waals surface area contributed by atoms with Crippen LogP contribution in [0.15, 0.2) is 11.1 Å². The monoisotopic (exact) mass is 279 g/mol. The van der Waals surface area contributed by atoms with Crippen LogP contribution in [-0.4, -0.2) is 36.3 Å². The van der Waals surface area contributed by atoms with Gasteiger partial charge in [-0.2, -0.15) is 20.2 Å². The highest BCUT2D eigenvalue weighted by Crippen LogP contribution is 2.34. The molecule has 0 aromatic rings. The Kier molecular flexibility index (Phi) is 5.50. The third-order valence-electron chi connectivity index (χ3n) is 3.31. The Hall–Kier alpha value is -0.0400. The number of hydrogen-bond acceptors (Lipinski definition) is 4. The Labute approximate surface area is 108 Å². The Morgan fingerprint density at radius 3 is 2.47 bits per heavy atom. The van der Waals surface area contributed by atoms with Gasteiger partial charge in [0.25, 0.3) is 10.1 Å². The van der Waals surface area contributed by atoms with Crippen molar-refractivity contribution in [1.82, 2.24) is 0 Å². The van der Waals surface area contributed by atoms with Gasteiger partial charge in [0.2, 0.25) is 0 Å². The molecule has 1 aliphatic rings. The van der Waals surface area contributed by atoms with Crippen LogP contribution in [0, 0.1) is 5.92 Å². The molecule has 0 bridgehead atoms. The summed E-state index contributed by atoms with van der Waals surface area (Å²) in [4.78, 5) is 0. The standard InChI is InChI=1S/C11H21NO3S2/c1-8-5-10(7-16-4-3-12)11(6-9(8)2)17(13,14)15/h10-11H,3-7,12H2,1-2H3,(H,13,14,15). The molecule has 0 fully saturated rings. The van der Waals surface area contributed by atoms with Crippen molar-refractivity contribution in [1.29, 1.82) is 0 Å². The Morgan fingerprint density at radius 1 is 1.35 bits per heavy atom. The second kappa shape index (κ2) is 6.22. The van der Waals surface area contributed by atoms with Crippen molar-refractivity contribution in [2.24, 2.45) is 11.7 Å². The third-order valence-corrected chi connectivity index (χ3v) is 5.81. The summed E-state index contributed by atoms with van der Waals surface area (Å²) in [6.07, 6.45) is 1.21. The summed E-state index contributed by atoms with van der Waals surface area (Å²) in [6, 6.07) is 0. The van der Waals surface area contributed by atoms with Gasteiger partial charge < -0.3 is 5.73 Å². The number of allylic oxidation sites excluding steroid dienone is 2. The molecule has 0 amide bonds. The van der Waals surface area contributed by atoms with E-state index in [0.29, 0.717) is 13.0 Å². The third kappa shape index (κ3) is 4.28. The largest absolute Gasteiger partial charge is 0.330 e. The van der Waals surface area contributed by atoms with Crippen molar-refractivity contribution in [3.63, 3.8) is 0 Å². The van der Waals surface area contributed by atoms with Crippen LogP contribution >= 0.6 is 11.8 Å². The molecule has 0 saturated heterocycles. The first kappa shape index (κ1) is 15.0. The van der Waals surface area contributed by atoms with Crippen LogP contribution in [0.1, 0.15) is 26.7 Å². The molecule has 100 valence electrons. The molecule has 17 heavy (non-hydrogen) atoms. The van der Waals surface area contributed by atoms with Gasteiger partial charge in [-0.25, -0.2) is 0 Å². The zero-order valence-electron chi connectivity index (χ0n) is 10.3. The average Bonchev–Trinajstić information content (AvgIpc) is 2.21. The first-order valence-electron chi connectivity index (χ1n) is 5.75. The van der Waals surface area contributed by atoms with Crippen LogP contribution in [0.4, 0.5) is 0 Å². The molecule has 0 heterocycles. The average molecular weight is 279 g/mol. The first-order chi connectivity index (χ1) is 7.86. The molecule has 1 aliphatic carbocycles. The maximum atomic E-state index is 11.4. The van der Waals surface area contributed by atoms with Crippen LogP contribution in [-0.2, 0) is 10.1 Å². The van der Waals surface area contributed by atoms with Crippen molar-refractivity contribution in [3.8, 4) is 0 Å². The van der Waals surface area contributed by atoms with Crippen molar-refractivity contribution in [2.75, 3.05) is 18.1 Å². The molecule has 4 nitrogen and oxygen atoms in total. The molecular formula is C11H21NO3S2. The normalized spacial score (nSPS) is 26.4. The van der Waals surface area contributed by atoms with Crippen LogP contribution in [0.25, 0.3) is 0 Å². The molecule has 3 N–H and O–H groups in total. The second-order valence-electron chi connectivity index (χ2n) is 4.65. The van der Waals surface area contributed by atoms with Crippen molar-refractivity contribution in [3.05, 3.63) is 11.1 Å². The number of thioether (sulfide) groups is 1. The van der Waals surface area contributed by atoms with Crippen LogP contribution < -0.4 is 5.73 Å². The Bertz CT molecular complexity index is 390. The van der Waals surface area contributed by atoms with E-state index in [0.717, 1.165) is 23.5 Å². The molecule has 0 spiro atoms. The molecule has 6 heteroatoms. The molecule has 0 saturated carbocycles. The van der Waals surface area contributed by atoms with E-state index in [1.807, 2.05) is 13.8 Å². The van der Waals surface area contributed by atoms with Gasteiger partial charge in [0.15, 0.2) is 0 Å². The van der Waals surface area contributed by atoms with Gasteiger partial charge in [0.05, 0.1) is 5.25 Å². The van der Waals surface area contributed by atoms with Gasteiger partial charge in [-0.05, 0) is 38.4 Å². The molecule has 0 aromatic heterocycles. The minimum Gasteiger partial charge on any atom is -0.330 e. The van der Waals surface area contributed by atoms with E-state index in [-0.39, 0.29) is 5.92 Å². The molecule has 2 unspecified atom stereocenters. The second-order valence-corrected chi connectivity index (χ2v) is 7.43. The van der Waals surface area contributed by atoms with Crippen molar-refractivity contribution < 1.29 is 13.0 Å². The Balaban J connectivity index is 2.77. The summed E-state index contributed by atoms with van der Waals surface area (Å²) in [6.45, 7) is 4.58. The lowest BCUT2D eigenvalue weighted by Crippen LogP contribution is -2.34. The van der Waals surface area contributed by atoms with Crippen molar-refractivity contribution >= 4 is 21.9 Å². The maximum Gasteiger partial charge on any atom is 0.268 e. The lowest BCUT2D eigenvalue weighted by molar-refractivity contribution is 0.419. The van der Waals surface area contributed by atoms with Gasteiger partial charge in [-0.15, -0.1) is 0 Å². The number of hydrogen-bond donors (Lipinski definition) is 2. The van der Waals surface area contributed by atoms with Crippen molar-refractivity contribution in [2.45, 2.75) is 31.9 Å². The highest BCUT2D eigenvalue weighted by Gasteiger charge is 2.35. The molecule has 0 radical (unpaired) electrons. The fourth-order valence-corrected chi connectivity index (χ4v) is 4.42. The van der Waals surface area contributed by atoms with Gasteiger partial charge in [-0.3, -0.25) is 4.55 Å². The minimum atomic E-state index is -3.95. The smallest absolute Gasteiger partial charge is 0.268 e. The zero-order valence-corrected chi connectivity index (χ0v) is 12.0. The summed E-state index contributed by atoms with van der Waals surface area (Å²) in [5.41, 5.74) is 7.76. The fraction of sp³-hybridized carbons (Fsp3) is 0.818. The molecule has 2 atom stereocenters. The first-order valence-corrected chi connectivity index (χ1v) is 8.41. The van der Waals surface area contributed by atoms with E-state index < -0.39 is 15.4 Å². The van der Waals surface area contributed by atoms with Crippen LogP contribution in [0.2, 0.25) is 0 Å². The highest BCUT2D eigenvalue weighted by molar-refractivity contribution is 7.99. The molecule has 0 aromatic carbocycles. The quantitative estimate of drug-likeness (QED) is 0.455. The zero-order chi connectivity index (χ0) is 13.1. The number of nitrogens with two attached hydrogens (primary N) is 1. The summed E-state index contributed by atoms with van der Waals surface area (Å²) in [5.74, 6) is 1.58.